The number of carboxylic acid groups (broad SMARTS) is 1. The van der Waals surface area contributed by atoms with E-state index >= 15 is 0 Å². The van der Waals surface area contributed by atoms with Crippen molar-refractivity contribution in [3.05, 3.63) is 72.3 Å². The summed E-state index contributed by atoms with van der Waals surface area (Å²) in [5, 5.41) is 14.3. The molecule has 1 N–H and O–H groups in total. The van der Waals surface area contributed by atoms with Gasteiger partial charge in [-0.1, -0.05) is 60.3 Å². The predicted molar refractivity (Wildman–Crippen MR) is 120 cm³/mol. The van der Waals surface area contributed by atoms with Gasteiger partial charge in [0.25, 0.3) is 0 Å². The zero-order valence-electron chi connectivity index (χ0n) is 16.6. The minimum atomic E-state index is -0.921. The van der Waals surface area contributed by atoms with Gasteiger partial charge in [-0.15, -0.1) is 0 Å². The van der Waals surface area contributed by atoms with Crippen LogP contribution in [0.1, 0.15) is 38.2 Å². The van der Waals surface area contributed by atoms with Gasteiger partial charge in [0.05, 0.1) is 16.2 Å². The maximum Gasteiger partial charge on any atom is 0.319 e. The van der Waals surface area contributed by atoms with Crippen LogP contribution in [0.4, 0.5) is 0 Å². The fraction of sp³-hybridized carbons (Fsp3) is 0.240. The highest BCUT2D eigenvalue weighted by Gasteiger charge is 2.31. The van der Waals surface area contributed by atoms with E-state index in [2.05, 4.69) is 59.2 Å². The summed E-state index contributed by atoms with van der Waals surface area (Å²) in [7, 11) is 0. The summed E-state index contributed by atoms with van der Waals surface area (Å²) in [6, 6.07) is 23.4. The lowest BCUT2D eigenvalue weighted by atomic mass is 9.99. The van der Waals surface area contributed by atoms with Crippen LogP contribution < -0.4 is 0 Å². The highest BCUT2D eigenvalue weighted by molar-refractivity contribution is 8.01. The molecule has 1 saturated carbocycles. The van der Waals surface area contributed by atoms with E-state index in [9.17, 15) is 9.90 Å². The molecular weight excluding hydrogens is 378 g/mol. The number of hydrogen-bond donors (Lipinski definition) is 1. The first kappa shape index (κ1) is 18.3. The third kappa shape index (κ3) is 3.12. The number of hydrogen-bond acceptors (Lipinski definition) is 2. The largest absolute Gasteiger partial charge is 0.480 e. The third-order valence-electron chi connectivity index (χ3n) is 5.74. The number of aliphatic carboxylic acids is 1. The molecular formula is C25H23NO2S. The van der Waals surface area contributed by atoms with Gasteiger partial charge in [-0.2, -0.15) is 0 Å². The maximum absolute atomic E-state index is 11.8. The summed E-state index contributed by atoms with van der Waals surface area (Å²) >= 11 is 1.40. The SMILES string of the molecule is CC(C)(Sc1cc2ccccc2n1-c1ccc(C2CC2)c2ccccc12)C(=O)O. The van der Waals surface area contributed by atoms with E-state index in [4.69, 9.17) is 0 Å². The summed E-state index contributed by atoms with van der Waals surface area (Å²) in [4.78, 5) is 11.8. The molecule has 0 spiro atoms. The van der Waals surface area contributed by atoms with Crippen molar-refractivity contribution in [2.45, 2.75) is 42.4 Å². The summed E-state index contributed by atoms with van der Waals surface area (Å²) in [5.41, 5.74) is 3.64. The molecule has 3 aromatic carbocycles. The molecule has 0 aliphatic heterocycles. The average Bonchev–Trinajstić information content (AvgIpc) is 3.48. The first-order valence-electron chi connectivity index (χ1n) is 10.0. The standard InChI is InChI=1S/C25H23NO2S/c1-25(2,24(27)28)29-23-15-17-7-3-6-10-21(17)26(23)22-14-13-18(16-11-12-16)19-8-4-5-9-20(19)22/h3-10,13-16H,11-12H2,1-2H3,(H,27,28). The number of aromatic nitrogens is 1. The summed E-state index contributed by atoms with van der Waals surface area (Å²) in [6.07, 6.45) is 2.54. The van der Waals surface area contributed by atoms with Crippen molar-refractivity contribution < 1.29 is 9.90 Å². The molecule has 0 saturated heterocycles. The molecule has 29 heavy (non-hydrogen) atoms. The molecule has 5 rings (SSSR count). The van der Waals surface area contributed by atoms with Gasteiger partial charge in [-0.25, -0.2) is 0 Å². The lowest BCUT2D eigenvalue weighted by Crippen LogP contribution is -2.27. The normalized spacial score (nSPS) is 14.6. The summed E-state index contributed by atoms with van der Waals surface area (Å²) in [5.74, 6) is -0.136. The number of benzene rings is 3. The van der Waals surface area contributed by atoms with Gasteiger partial charge >= 0.3 is 5.97 Å². The Bertz CT molecular complexity index is 1250. The average molecular weight is 402 g/mol. The Kier molecular flexibility index (Phi) is 4.21. The Labute approximate surface area is 174 Å². The molecule has 1 heterocycles. The van der Waals surface area contributed by atoms with Crippen molar-refractivity contribution >= 4 is 39.4 Å². The van der Waals surface area contributed by atoms with Crippen LogP contribution in [0, 0.1) is 0 Å². The van der Waals surface area contributed by atoms with Crippen molar-refractivity contribution in [1.82, 2.24) is 4.57 Å². The first-order valence-corrected chi connectivity index (χ1v) is 10.8. The molecule has 146 valence electrons. The molecule has 4 aromatic rings. The Morgan fingerprint density at radius 1 is 1.00 bits per heavy atom. The number of rotatable bonds is 5. The Morgan fingerprint density at radius 2 is 1.69 bits per heavy atom. The second-order valence-corrected chi connectivity index (χ2v) is 9.93. The van der Waals surface area contributed by atoms with Crippen LogP contribution in [-0.4, -0.2) is 20.4 Å². The van der Waals surface area contributed by atoms with Gasteiger partial charge in [0.1, 0.15) is 4.75 Å². The molecule has 0 amide bonds. The van der Waals surface area contributed by atoms with Crippen LogP contribution in [0.25, 0.3) is 27.4 Å². The van der Waals surface area contributed by atoms with Gasteiger partial charge in [0, 0.05) is 10.8 Å². The number of fused-ring (bicyclic) bond motifs is 2. The summed E-state index contributed by atoms with van der Waals surface area (Å²) in [6.45, 7) is 3.52. The highest BCUT2D eigenvalue weighted by Crippen LogP contribution is 2.45. The minimum Gasteiger partial charge on any atom is -0.480 e. The summed E-state index contributed by atoms with van der Waals surface area (Å²) < 4.78 is 1.31. The maximum atomic E-state index is 11.8. The van der Waals surface area contributed by atoms with Gasteiger partial charge in [0.2, 0.25) is 0 Å². The molecule has 1 aliphatic carbocycles. The van der Waals surface area contributed by atoms with Crippen molar-refractivity contribution in [3.63, 3.8) is 0 Å². The van der Waals surface area contributed by atoms with Crippen molar-refractivity contribution in [1.29, 1.82) is 0 Å². The molecule has 0 atom stereocenters. The molecule has 1 aliphatic rings. The Hall–Kier alpha value is -2.72. The smallest absolute Gasteiger partial charge is 0.319 e. The minimum absolute atomic E-state index is 0.676. The zero-order valence-corrected chi connectivity index (χ0v) is 17.4. The first-order chi connectivity index (χ1) is 14.0. The Balaban J connectivity index is 1.78. The molecule has 3 nitrogen and oxygen atoms in total. The molecule has 1 fully saturated rings. The molecule has 1 aromatic heterocycles. The number of para-hydroxylation sites is 1. The lowest BCUT2D eigenvalue weighted by Gasteiger charge is -2.21. The van der Waals surface area contributed by atoms with E-state index in [0.717, 1.165) is 21.6 Å². The number of thioether (sulfide) groups is 1. The number of nitrogens with zero attached hydrogens (tertiary/aromatic N) is 1. The molecule has 4 heteroatoms. The van der Waals surface area contributed by atoms with Crippen molar-refractivity contribution in [2.24, 2.45) is 0 Å². The third-order valence-corrected chi connectivity index (χ3v) is 6.94. The lowest BCUT2D eigenvalue weighted by molar-refractivity contribution is -0.138. The van der Waals surface area contributed by atoms with E-state index in [0.29, 0.717) is 5.92 Å². The number of carboxylic acids is 1. The van der Waals surface area contributed by atoms with E-state index in [1.54, 1.807) is 13.8 Å². The molecule has 0 radical (unpaired) electrons. The van der Waals surface area contributed by atoms with E-state index in [1.165, 1.54) is 40.9 Å². The highest BCUT2D eigenvalue weighted by atomic mass is 32.2. The van der Waals surface area contributed by atoms with Crippen molar-refractivity contribution in [3.8, 4) is 5.69 Å². The van der Waals surface area contributed by atoms with Crippen LogP contribution >= 0.6 is 11.8 Å². The quantitative estimate of drug-likeness (QED) is 0.382. The molecule has 0 unspecified atom stereocenters. The molecule has 0 bridgehead atoms. The van der Waals surface area contributed by atoms with E-state index in [-0.39, 0.29) is 0 Å². The predicted octanol–water partition coefficient (Wildman–Crippen LogP) is 6.62. The van der Waals surface area contributed by atoms with Crippen LogP contribution in [0.5, 0.6) is 0 Å². The van der Waals surface area contributed by atoms with Gasteiger partial charge in [-0.3, -0.25) is 4.79 Å². The Morgan fingerprint density at radius 3 is 2.41 bits per heavy atom. The fourth-order valence-corrected chi connectivity index (χ4v) is 5.09. The number of carbonyl (C=O) groups is 1. The monoisotopic (exact) mass is 401 g/mol. The van der Waals surface area contributed by atoms with Gasteiger partial charge in [-0.05, 0) is 61.8 Å². The van der Waals surface area contributed by atoms with E-state index in [1.807, 2.05) is 12.1 Å². The second kappa shape index (κ2) is 6.67. The van der Waals surface area contributed by atoms with Crippen LogP contribution in [0.15, 0.2) is 71.8 Å². The van der Waals surface area contributed by atoms with Gasteiger partial charge < -0.3 is 9.67 Å². The van der Waals surface area contributed by atoms with Crippen LogP contribution in [-0.2, 0) is 4.79 Å². The van der Waals surface area contributed by atoms with Crippen LogP contribution in [0.3, 0.4) is 0 Å². The van der Waals surface area contributed by atoms with Gasteiger partial charge in [0.15, 0.2) is 0 Å². The van der Waals surface area contributed by atoms with Crippen LogP contribution in [0.2, 0.25) is 0 Å². The topological polar surface area (TPSA) is 42.2 Å². The second-order valence-electron chi connectivity index (χ2n) is 8.29. The van der Waals surface area contributed by atoms with E-state index < -0.39 is 10.7 Å². The fourth-order valence-electron chi connectivity index (χ4n) is 4.01. The zero-order chi connectivity index (χ0) is 20.2. The van der Waals surface area contributed by atoms with Crippen molar-refractivity contribution in [2.75, 3.05) is 0 Å².